The Bertz CT molecular complexity index is 1180. The van der Waals surface area contributed by atoms with Crippen LogP contribution in [0.3, 0.4) is 0 Å². The van der Waals surface area contributed by atoms with Gasteiger partial charge in [0.15, 0.2) is 11.6 Å². The van der Waals surface area contributed by atoms with Gasteiger partial charge in [-0.05, 0) is 56.0 Å². The summed E-state index contributed by atoms with van der Waals surface area (Å²) in [7, 11) is 0. The first-order chi connectivity index (χ1) is 12.9. The Kier molecular flexibility index (Phi) is 4.28. The molecule has 0 bridgehead atoms. The molecule has 0 aliphatic carbocycles. The summed E-state index contributed by atoms with van der Waals surface area (Å²) in [6.45, 7) is 3.77. The third kappa shape index (κ3) is 3.13. The van der Waals surface area contributed by atoms with E-state index in [4.69, 9.17) is 24.4 Å². The Morgan fingerprint density at radius 1 is 0.704 bits per heavy atom. The van der Waals surface area contributed by atoms with Gasteiger partial charge in [-0.15, -0.1) is 0 Å². The predicted molar refractivity (Wildman–Crippen MR) is 105 cm³/mol. The maximum Gasteiger partial charge on any atom is 0.213 e. The number of nitrogens with zero attached hydrogens (tertiary/aromatic N) is 3. The Balaban J connectivity index is 2.14. The quantitative estimate of drug-likeness (QED) is 0.383. The van der Waals surface area contributed by atoms with Crippen molar-refractivity contribution in [1.29, 1.82) is 0 Å². The van der Waals surface area contributed by atoms with Crippen molar-refractivity contribution in [3.05, 3.63) is 51.0 Å². The van der Waals surface area contributed by atoms with Crippen molar-refractivity contribution in [1.82, 2.24) is 35.3 Å². The van der Waals surface area contributed by atoms with Gasteiger partial charge < -0.3 is 0 Å². The van der Waals surface area contributed by atoms with Crippen molar-refractivity contribution < 1.29 is 4.39 Å². The zero-order chi connectivity index (χ0) is 19.1. The summed E-state index contributed by atoms with van der Waals surface area (Å²) in [6.07, 6.45) is 0. The van der Waals surface area contributed by atoms with Crippen LogP contribution in [-0.4, -0.2) is 35.3 Å². The molecule has 4 aromatic rings. The topological polar surface area (TPSA) is 102 Å². The highest BCUT2D eigenvalue weighted by molar-refractivity contribution is 7.71. The van der Waals surface area contributed by atoms with Gasteiger partial charge in [0.2, 0.25) is 9.54 Å². The molecule has 0 aliphatic rings. The molecule has 0 radical (unpaired) electrons. The monoisotopic (exact) mass is 399 g/mol. The van der Waals surface area contributed by atoms with Crippen LogP contribution < -0.4 is 0 Å². The second-order valence-corrected chi connectivity index (χ2v) is 6.72. The largest absolute Gasteiger partial charge is 0.282 e. The minimum Gasteiger partial charge on any atom is -0.282 e. The molecule has 4 rings (SSSR count). The number of H-pyrrole nitrogens is 4. The Labute approximate surface area is 163 Å². The Morgan fingerprint density at radius 3 is 1.59 bits per heavy atom. The fraction of sp³-hybridized carbons (Fsp3) is 0.118. The summed E-state index contributed by atoms with van der Waals surface area (Å²) in [5.74, 6) is 0.766. The first-order valence-electron chi connectivity index (χ1n) is 8.01. The van der Waals surface area contributed by atoms with Crippen LogP contribution in [0.25, 0.3) is 33.9 Å². The molecule has 10 heteroatoms. The molecule has 136 valence electrons. The smallest absolute Gasteiger partial charge is 0.213 e. The minimum absolute atomic E-state index is 0.317. The van der Waals surface area contributed by atoms with Gasteiger partial charge in [-0.2, -0.15) is 9.97 Å². The number of halogens is 1. The van der Waals surface area contributed by atoms with E-state index in [1.54, 1.807) is 12.1 Å². The molecule has 0 fully saturated rings. The predicted octanol–water partition coefficient (Wildman–Crippen LogP) is 4.40. The molecule has 1 aromatic carbocycles. The lowest BCUT2D eigenvalue weighted by Gasteiger charge is -2.17. The molecule has 0 atom stereocenters. The average Bonchev–Trinajstić information content (AvgIpc) is 3.23. The lowest BCUT2D eigenvalue weighted by molar-refractivity contribution is 0.628. The van der Waals surface area contributed by atoms with Gasteiger partial charge in [0.1, 0.15) is 5.82 Å². The van der Waals surface area contributed by atoms with Crippen molar-refractivity contribution in [2.24, 2.45) is 0 Å². The maximum absolute atomic E-state index is 13.5. The molecule has 3 aromatic heterocycles. The lowest BCUT2D eigenvalue weighted by Crippen LogP contribution is -2.02. The Morgan fingerprint density at radius 2 is 1.19 bits per heavy atom. The molecular formula is C17H14FN7S2. The van der Waals surface area contributed by atoms with Crippen molar-refractivity contribution in [2.45, 2.75) is 13.8 Å². The van der Waals surface area contributed by atoms with Crippen LogP contribution in [-0.2, 0) is 0 Å². The SMILES string of the molecule is Cc1nc(C)c(-c2nc(=S)[nH][nH]2)c(-c2ccc(F)cc2)c1-c1nc(=S)[nH][nH]1. The highest BCUT2D eigenvalue weighted by Crippen LogP contribution is 2.40. The standard InChI is InChI=1S/C17H14FN7S2/c1-7-11(14-20-16(26)24-22-14)13(9-3-5-10(18)6-4-9)12(8(2)19-7)15-21-17(27)25-23-15/h3-6H,1-2H3,(H2,20,22,24,26)(H2,21,23,25,27). The van der Waals surface area contributed by atoms with Crippen LogP contribution >= 0.6 is 24.4 Å². The van der Waals surface area contributed by atoms with Gasteiger partial charge in [-0.25, -0.2) is 4.39 Å². The van der Waals surface area contributed by atoms with Crippen LogP contribution in [0.4, 0.5) is 4.39 Å². The number of aromatic nitrogens is 7. The number of rotatable bonds is 3. The molecule has 0 saturated heterocycles. The summed E-state index contributed by atoms with van der Waals surface area (Å²) in [6, 6.07) is 6.24. The average molecular weight is 399 g/mol. The van der Waals surface area contributed by atoms with Gasteiger partial charge >= 0.3 is 0 Å². The number of benzene rings is 1. The van der Waals surface area contributed by atoms with Crippen molar-refractivity contribution in [2.75, 3.05) is 0 Å². The third-order valence-electron chi connectivity index (χ3n) is 4.17. The van der Waals surface area contributed by atoms with Gasteiger partial charge in [-0.1, -0.05) is 12.1 Å². The van der Waals surface area contributed by atoms with Gasteiger partial charge in [0, 0.05) is 28.1 Å². The van der Waals surface area contributed by atoms with Gasteiger partial charge in [0.25, 0.3) is 0 Å². The van der Waals surface area contributed by atoms with Gasteiger partial charge in [-0.3, -0.25) is 25.4 Å². The van der Waals surface area contributed by atoms with E-state index in [1.807, 2.05) is 13.8 Å². The fourth-order valence-electron chi connectivity index (χ4n) is 3.11. The van der Waals surface area contributed by atoms with E-state index in [0.717, 1.165) is 33.6 Å². The van der Waals surface area contributed by atoms with E-state index in [2.05, 4.69) is 35.3 Å². The number of hydrogen-bond acceptors (Lipinski definition) is 5. The zero-order valence-electron chi connectivity index (χ0n) is 14.3. The lowest BCUT2D eigenvalue weighted by atomic mass is 9.91. The number of aryl methyl sites for hydroxylation is 2. The van der Waals surface area contributed by atoms with Crippen LogP contribution in [0.2, 0.25) is 0 Å². The van der Waals surface area contributed by atoms with Gasteiger partial charge in [0.05, 0.1) is 0 Å². The minimum atomic E-state index is -0.317. The molecule has 27 heavy (non-hydrogen) atoms. The molecule has 0 amide bonds. The molecule has 0 aliphatic heterocycles. The first kappa shape index (κ1) is 17.4. The van der Waals surface area contributed by atoms with E-state index < -0.39 is 0 Å². The molecular weight excluding hydrogens is 385 g/mol. The molecule has 4 N–H and O–H groups in total. The third-order valence-corrected chi connectivity index (χ3v) is 4.55. The highest BCUT2D eigenvalue weighted by atomic mass is 32.1. The van der Waals surface area contributed by atoms with E-state index in [0.29, 0.717) is 21.2 Å². The fourth-order valence-corrected chi connectivity index (χ4v) is 3.40. The van der Waals surface area contributed by atoms with Crippen molar-refractivity contribution in [3.8, 4) is 33.9 Å². The van der Waals surface area contributed by atoms with Crippen molar-refractivity contribution in [3.63, 3.8) is 0 Å². The van der Waals surface area contributed by atoms with E-state index >= 15 is 0 Å². The summed E-state index contributed by atoms with van der Waals surface area (Å²) >= 11 is 10.2. The molecule has 7 nitrogen and oxygen atoms in total. The normalized spacial score (nSPS) is 11.1. The second kappa shape index (κ2) is 6.63. The summed E-state index contributed by atoms with van der Waals surface area (Å²) in [4.78, 5) is 13.4. The highest BCUT2D eigenvalue weighted by Gasteiger charge is 2.23. The number of hydrogen-bond donors (Lipinski definition) is 4. The number of pyridine rings is 1. The summed E-state index contributed by atoms with van der Waals surface area (Å²) in [5, 5.41) is 11.6. The molecule has 0 spiro atoms. The molecule has 3 heterocycles. The molecule has 0 unspecified atom stereocenters. The zero-order valence-corrected chi connectivity index (χ0v) is 16.0. The van der Waals surface area contributed by atoms with Crippen LogP contribution in [0, 0.1) is 29.2 Å². The van der Waals surface area contributed by atoms with Crippen LogP contribution in [0.15, 0.2) is 24.3 Å². The number of aromatic amines is 4. The first-order valence-corrected chi connectivity index (χ1v) is 8.83. The summed E-state index contributed by atoms with van der Waals surface area (Å²) in [5.41, 5.74) is 4.59. The van der Waals surface area contributed by atoms with E-state index in [-0.39, 0.29) is 5.82 Å². The van der Waals surface area contributed by atoms with Crippen molar-refractivity contribution >= 4 is 24.4 Å². The van der Waals surface area contributed by atoms with Crippen LogP contribution in [0.5, 0.6) is 0 Å². The van der Waals surface area contributed by atoms with Crippen LogP contribution in [0.1, 0.15) is 11.4 Å². The van der Waals surface area contributed by atoms with E-state index in [9.17, 15) is 4.39 Å². The number of nitrogens with one attached hydrogen (secondary N) is 4. The maximum atomic E-state index is 13.5. The van der Waals surface area contributed by atoms with E-state index in [1.165, 1.54) is 12.1 Å². The Hall–Kier alpha value is -2.98. The second-order valence-electron chi connectivity index (χ2n) is 5.95. The molecule has 0 saturated carbocycles. The summed E-state index contributed by atoms with van der Waals surface area (Å²) < 4.78 is 14.2.